The van der Waals surface area contributed by atoms with Crippen LogP contribution in [0, 0.1) is 17.5 Å². The molecule has 0 fully saturated rings. The average molecular weight is 614 g/mol. The number of carbonyl (C=O) groups excluding carboxylic acids is 1. The second kappa shape index (κ2) is 13.5. The van der Waals surface area contributed by atoms with Crippen molar-refractivity contribution in [2.24, 2.45) is 0 Å². The maximum absolute atomic E-state index is 14.9. The molecule has 230 valence electrons. The van der Waals surface area contributed by atoms with Crippen molar-refractivity contribution in [1.82, 2.24) is 24.6 Å². The van der Waals surface area contributed by atoms with Gasteiger partial charge in [0.2, 0.25) is 11.7 Å². The van der Waals surface area contributed by atoms with Crippen LogP contribution in [0.15, 0.2) is 78.9 Å². The zero-order valence-corrected chi connectivity index (χ0v) is 23.5. The standard InChI is InChI=1S/C32H29F6N5O/c33-26-19-28(35)27(34)17-24(26)16-25(18-30(44)42-14-15-43-29(21-42)39-40-31(43)32(36,37)38)41(20-23-10-5-2-6-11-23)13-7-12-22-8-3-1-4-9-22/h1-12,17,19,25H,13-16,18,20-21H2/b12-7+/t25-/m1/s1. The molecule has 12 heteroatoms. The van der Waals surface area contributed by atoms with Crippen LogP contribution in [-0.4, -0.2) is 49.6 Å². The highest BCUT2D eigenvalue weighted by Gasteiger charge is 2.40. The summed E-state index contributed by atoms with van der Waals surface area (Å²) >= 11 is 0. The molecule has 0 bridgehead atoms. The van der Waals surface area contributed by atoms with Gasteiger partial charge in [-0.15, -0.1) is 10.2 Å². The minimum atomic E-state index is -4.68. The zero-order valence-electron chi connectivity index (χ0n) is 23.5. The van der Waals surface area contributed by atoms with E-state index in [0.29, 0.717) is 19.2 Å². The molecule has 1 aromatic heterocycles. The summed E-state index contributed by atoms with van der Waals surface area (Å²) in [7, 11) is 0. The lowest BCUT2D eigenvalue weighted by atomic mass is 9.99. The fraction of sp³-hybridized carbons (Fsp3) is 0.281. The molecule has 0 aliphatic carbocycles. The van der Waals surface area contributed by atoms with Gasteiger partial charge in [0, 0.05) is 44.7 Å². The zero-order chi connectivity index (χ0) is 31.3. The fourth-order valence-electron chi connectivity index (χ4n) is 5.26. The quantitative estimate of drug-likeness (QED) is 0.156. The van der Waals surface area contributed by atoms with Gasteiger partial charge in [0.1, 0.15) is 5.82 Å². The Bertz CT molecular complexity index is 1610. The smallest absolute Gasteiger partial charge is 0.333 e. The van der Waals surface area contributed by atoms with E-state index in [1.165, 1.54) is 4.90 Å². The summed E-state index contributed by atoms with van der Waals surface area (Å²) in [6.07, 6.45) is -1.15. The molecule has 0 saturated carbocycles. The van der Waals surface area contributed by atoms with Crippen molar-refractivity contribution in [2.45, 2.75) is 44.7 Å². The molecule has 2 heterocycles. The summed E-state index contributed by atoms with van der Waals surface area (Å²) in [5.74, 6) is -4.97. The lowest BCUT2D eigenvalue weighted by molar-refractivity contribution is -0.148. The highest BCUT2D eigenvalue weighted by Crippen LogP contribution is 2.30. The first-order valence-electron chi connectivity index (χ1n) is 14.0. The number of carbonyl (C=O) groups is 1. The predicted octanol–water partition coefficient (Wildman–Crippen LogP) is 6.27. The molecular formula is C32H29F6N5O. The number of alkyl halides is 3. The number of hydrogen-bond acceptors (Lipinski definition) is 4. The Morgan fingerprint density at radius 3 is 2.30 bits per heavy atom. The summed E-state index contributed by atoms with van der Waals surface area (Å²) in [6.45, 7) is 0.355. The van der Waals surface area contributed by atoms with Gasteiger partial charge in [-0.2, -0.15) is 13.2 Å². The van der Waals surface area contributed by atoms with E-state index in [2.05, 4.69) is 10.2 Å². The molecule has 6 nitrogen and oxygen atoms in total. The molecule has 1 amide bonds. The number of amides is 1. The number of halogens is 6. The van der Waals surface area contributed by atoms with Gasteiger partial charge in [-0.05, 0) is 29.2 Å². The molecule has 1 aliphatic heterocycles. The number of rotatable bonds is 10. The Labute approximate surface area is 250 Å². The Kier molecular flexibility index (Phi) is 9.48. The summed E-state index contributed by atoms with van der Waals surface area (Å²) in [6, 6.07) is 19.5. The first kappa shape index (κ1) is 31.0. The SMILES string of the molecule is O=C(C[C@@H](Cc1cc(F)c(F)cc1F)N(C/C=C/c1ccccc1)Cc1ccccc1)N1CCn2c(nnc2C(F)(F)F)C1. The van der Waals surface area contributed by atoms with E-state index in [4.69, 9.17) is 0 Å². The second-order valence-corrected chi connectivity index (χ2v) is 10.6. The van der Waals surface area contributed by atoms with Crippen molar-refractivity contribution >= 4 is 12.0 Å². The Hall–Kier alpha value is -4.45. The predicted molar refractivity (Wildman–Crippen MR) is 151 cm³/mol. The Morgan fingerprint density at radius 2 is 1.59 bits per heavy atom. The molecule has 1 aliphatic rings. The number of aromatic nitrogens is 3. The minimum absolute atomic E-state index is 0.00654. The van der Waals surface area contributed by atoms with E-state index in [-0.39, 0.29) is 43.9 Å². The van der Waals surface area contributed by atoms with E-state index in [9.17, 15) is 31.1 Å². The lowest BCUT2D eigenvalue weighted by Gasteiger charge is -2.34. The molecule has 1 atom stereocenters. The molecule has 0 spiro atoms. The number of fused-ring (bicyclic) bond motifs is 1. The number of nitrogens with zero attached hydrogens (tertiary/aromatic N) is 5. The van der Waals surface area contributed by atoms with Crippen molar-refractivity contribution < 1.29 is 31.1 Å². The monoisotopic (exact) mass is 613 g/mol. The van der Waals surface area contributed by atoms with E-state index < -0.39 is 41.4 Å². The normalized spacial score (nSPS) is 14.3. The molecule has 44 heavy (non-hydrogen) atoms. The molecule has 0 unspecified atom stereocenters. The first-order chi connectivity index (χ1) is 21.1. The molecular weight excluding hydrogens is 584 g/mol. The van der Waals surface area contributed by atoms with Crippen LogP contribution in [0.4, 0.5) is 26.3 Å². The fourth-order valence-corrected chi connectivity index (χ4v) is 5.26. The first-order valence-corrected chi connectivity index (χ1v) is 14.0. The van der Waals surface area contributed by atoms with Crippen LogP contribution in [0.1, 0.15) is 34.8 Å². The topological polar surface area (TPSA) is 54.3 Å². The van der Waals surface area contributed by atoms with Gasteiger partial charge in [-0.25, -0.2) is 13.2 Å². The number of hydrogen-bond donors (Lipinski definition) is 0. The Morgan fingerprint density at radius 1 is 0.909 bits per heavy atom. The summed E-state index contributed by atoms with van der Waals surface area (Å²) in [4.78, 5) is 17.0. The maximum Gasteiger partial charge on any atom is 0.451 e. The van der Waals surface area contributed by atoms with E-state index in [0.717, 1.165) is 21.8 Å². The summed E-state index contributed by atoms with van der Waals surface area (Å²) < 4.78 is 83.7. The minimum Gasteiger partial charge on any atom is -0.333 e. The van der Waals surface area contributed by atoms with Gasteiger partial charge in [0.25, 0.3) is 0 Å². The van der Waals surface area contributed by atoms with Crippen LogP contribution in [0.3, 0.4) is 0 Å². The highest BCUT2D eigenvalue weighted by molar-refractivity contribution is 5.77. The van der Waals surface area contributed by atoms with Crippen LogP contribution >= 0.6 is 0 Å². The summed E-state index contributed by atoms with van der Waals surface area (Å²) in [5.41, 5.74) is 1.76. The molecule has 0 radical (unpaired) electrons. The molecule has 3 aromatic carbocycles. The summed E-state index contributed by atoms with van der Waals surface area (Å²) in [5, 5.41) is 6.91. The highest BCUT2D eigenvalue weighted by atomic mass is 19.4. The van der Waals surface area contributed by atoms with Crippen LogP contribution in [-0.2, 0) is 37.0 Å². The van der Waals surface area contributed by atoms with Gasteiger partial charge in [0.15, 0.2) is 17.5 Å². The van der Waals surface area contributed by atoms with Gasteiger partial charge in [0.05, 0.1) is 6.54 Å². The third kappa shape index (κ3) is 7.54. The van der Waals surface area contributed by atoms with Gasteiger partial charge in [-0.1, -0.05) is 72.8 Å². The molecule has 4 aromatic rings. The van der Waals surface area contributed by atoms with Crippen LogP contribution in [0.25, 0.3) is 6.08 Å². The lowest BCUT2D eigenvalue weighted by Crippen LogP contribution is -2.44. The largest absolute Gasteiger partial charge is 0.451 e. The third-order valence-corrected chi connectivity index (χ3v) is 7.51. The second-order valence-electron chi connectivity index (χ2n) is 10.6. The van der Waals surface area contributed by atoms with Gasteiger partial charge >= 0.3 is 6.18 Å². The Balaban J connectivity index is 1.43. The van der Waals surface area contributed by atoms with Crippen molar-refractivity contribution in [2.75, 3.05) is 13.1 Å². The number of benzene rings is 3. The molecule has 5 rings (SSSR count). The van der Waals surface area contributed by atoms with E-state index >= 15 is 0 Å². The van der Waals surface area contributed by atoms with E-state index in [1.807, 2.05) is 77.7 Å². The van der Waals surface area contributed by atoms with Crippen LogP contribution < -0.4 is 0 Å². The van der Waals surface area contributed by atoms with Crippen LogP contribution in [0.5, 0.6) is 0 Å². The van der Waals surface area contributed by atoms with Crippen molar-refractivity contribution in [1.29, 1.82) is 0 Å². The van der Waals surface area contributed by atoms with Crippen molar-refractivity contribution in [3.05, 3.63) is 125 Å². The van der Waals surface area contributed by atoms with Crippen molar-refractivity contribution in [3.8, 4) is 0 Å². The van der Waals surface area contributed by atoms with Crippen LogP contribution in [0.2, 0.25) is 0 Å². The van der Waals surface area contributed by atoms with Gasteiger partial charge < -0.3 is 9.47 Å². The third-order valence-electron chi connectivity index (χ3n) is 7.51. The van der Waals surface area contributed by atoms with E-state index in [1.54, 1.807) is 0 Å². The molecule has 0 saturated heterocycles. The van der Waals surface area contributed by atoms with Gasteiger partial charge in [-0.3, -0.25) is 9.69 Å². The maximum atomic E-state index is 14.9. The van der Waals surface area contributed by atoms with Crippen molar-refractivity contribution in [3.63, 3.8) is 0 Å². The average Bonchev–Trinajstić information content (AvgIpc) is 3.44. The molecule has 0 N–H and O–H groups in total.